The standard InChI is InChI=1S/C39H54O3Si/c1-7-8-11-18-31(40)24-25-35-37(27-30-26-34-29(28-39(30,35)5)17-16-23-36(34)41-6)42-43(38(2,3)4,32-19-12-9-13-20-32)33-21-14-10-15-22-33/h9-10,12-17,19-23,30-31,35,37,40H,7-8,11,18,24-28H2,1-6H3/t30-,31-,35-,37+,39-/m0/s1. The van der Waals surface area contributed by atoms with Gasteiger partial charge in [-0.1, -0.05) is 127 Å². The summed E-state index contributed by atoms with van der Waals surface area (Å²) >= 11 is 0. The number of benzene rings is 3. The van der Waals surface area contributed by atoms with Crippen LogP contribution in [-0.4, -0.2) is 32.7 Å². The molecule has 1 fully saturated rings. The number of hydrogen-bond acceptors (Lipinski definition) is 3. The summed E-state index contributed by atoms with van der Waals surface area (Å²) < 4.78 is 13.8. The molecule has 0 heterocycles. The highest BCUT2D eigenvalue weighted by Gasteiger charge is 2.58. The van der Waals surface area contributed by atoms with Gasteiger partial charge in [-0.25, -0.2) is 0 Å². The highest BCUT2D eigenvalue weighted by atomic mass is 28.4. The Morgan fingerprint density at radius 3 is 2.14 bits per heavy atom. The van der Waals surface area contributed by atoms with Gasteiger partial charge < -0.3 is 14.3 Å². The second-order valence-electron chi connectivity index (χ2n) is 14.6. The molecular formula is C39H54O3Si. The number of rotatable bonds is 12. The van der Waals surface area contributed by atoms with Crippen molar-refractivity contribution in [2.75, 3.05) is 7.11 Å². The van der Waals surface area contributed by atoms with Gasteiger partial charge in [-0.15, -0.1) is 0 Å². The van der Waals surface area contributed by atoms with Crippen LogP contribution in [0.4, 0.5) is 0 Å². The summed E-state index contributed by atoms with van der Waals surface area (Å²) in [6.07, 6.45) is 9.26. The lowest BCUT2D eigenvalue weighted by atomic mass is 9.62. The van der Waals surface area contributed by atoms with Crippen LogP contribution < -0.4 is 15.1 Å². The third-order valence-corrected chi connectivity index (χ3v) is 16.0. The van der Waals surface area contributed by atoms with Crippen LogP contribution in [0.1, 0.15) is 90.7 Å². The van der Waals surface area contributed by atoms with E-state index >= 15 is 0 Å². The molecule has 0 saturated heterocycles. The molecule has 0 aromatic heterocycles. The summed E-state index contributed by atoms with van der Waals surface area (Å²) in [5.41, 5.74) is 2.92. The van der Waals surface area contributed by atoms with E-state index in [1.165, 1.54) is 34.3 Å². The summed E-state index contributed by atoms with van der Waals surface area (Å²) in [6, 6.07) is 28.8. The molecule has 4 heteroatoms. The van der Waals surface area contributed by atoms with E-state index in [4.69, 9.17) is 9.16 Å². The molecule has 0 radical (unpaired) electrons. The van der Waals surface area contributed by atoms with E-state index in [2.05, 4.69) is 113 Å². The molecule has 3 aromatic rings. The SMILES string of the molecule is CCCCC[C@H](O)CC[C@H]1[C@H](O[Si](c2ccccc2)(c2ccccc2)C(C)(C)C)C[C@@H]2Cc3c(cccc3OC)C[C@@]21C. The maximum Gasteiger partial charge on any atom is 0.261 e. The van der Waals surface area contributed by atoms with Gasteiger partial charge in [0, 0.05) is 6.10 Å². The Balaban J connectivity index is 1.56. The normalized spacial score (nSPS) is 24.3. The summed E-state index contributed by atoms with van der Waals surface area (Å²) in [7, 11) is -0.919. The number of aliphatic hydroxyl groups is 1. The fraction of sp³-hybridized carbons (Fsp3) is 0.538. The topological polar surface area (TPSA) is 38.7 Å². The van der Waals surface area contributed by atoms with E-state index in [9.17, 15) is 5.11 Å². The van der Waals surface area contributed by atoms with Crippen LogP contribution in [0.3, 0.4) is 0 Å². The highest BCUT2D eigenvalue weighted by molar-refractivity contribution is 6.99. The van der Waals surface area contributed by atoms with Crippen LogP contribution >= 0.6 is 0 Å². The molecule has 0 amide bonds. The zero-order chi connectivity index (χ0) is 30.7. The summed E-state index contributed by atoms with van der Waals surface area (Å²) in [5, 5.41) is 13.7. The van der Waals surface area contributed by atoms with E-state index in [0.29, 0.717) is 11.8 Å². The number of unbranched alkanes of at least 4 members (excludes halogenated alkanes) is 2. The molecule has 5 atom stereocenters. The molecule has 3 nitrogen and oxygen atoms in total. The lowest BCUT2D eigenvalue weighted by Crippen LogP contribution is -2.68. The molecule has 3 aromatic carbocycles. The largest absolute Gasteiger partial charge is 0.496 e. The highest BCUT2D eigenvalue weighted by Crippen LogP contribution is 2.58. The van der Waals surface area contributed by atoms with E-state index in [1.54, 1.807) is 7.11 Å². The van der Waals surface area contributed by atoms with Gasteiger partial charge in [0.2, 0.25) is 0 Å². The van der Waals surface area contributed by atoms with Crippen LogP contribution in [0.15, 0.2) is 78.9 Å². The van der Waals surface area contributed by atoms with Gasteiger partial charge in [-0.2, -0.15) is 0 Å². The Kier molecular flexibility index (Phi) is 9.90. The van der Waals surface area contributed by atoms with Crippen LogP contribution in [0, 0.1) is 17.3 Å². The van der Waals surface area contributed by atoms with Gasteiger partial charge in [-0.05, 0) is 88.4 Å². The maximum absolute atomic E-state index is 11.1. The predicted octanol–water partition coefficient (Wildman–Crippen LogP) is 8.10. The fourth-order valence-electron chi connectivity index (χ4n) is 8.60. The molecule has 0 unspecified atom stereocenters. The Morgan fingerprint density at radius 2 is 1.56 bits per heavy atom. The second-order valence-corrected chi connectivity index (χ2v) is 18.8. The molecule has 232 valence electrons. The van der Waals surface area contributed by atoms with Crippen molar-refractivity contribution < 1.29 is 14.3 Å². The number of methoxy groups -OCH3 is 1. The first-order valence-corrected chi connectivity index (χ1v) is 18.7. The van der Waals surface area contributed by atoms with Crippen molar-refractivity contribution in [2.45, 2.75) is 110 Å². The zero-order valence-electron chi connectivity index (χ0n) is 27.4. The van der Waals surface area contributed by atoms with Crippen molar-refractivity contribution in [1.82, 2.24) is 0 Å². The third-order valence-electron chi connectivity index (χ3n) is 10.9. The van der Waals surface area contributed by atoms with Crippen molar-refractivity contribution in [3.05, 3.63) is 90.0 Å². The lowest BCUT2D eigenvalue weighted by molar-refractivity contribution is 0.0572. The molecule has 1 N–H and O–H groups in total. The summed E-state index contributed by atoms with van der Waals surface area (Å²) in [6.45, 7) is 11.9. The first-order valence-electron chi connectivity index (χ1n) is 16.8. The average Bonchev–Trinajstić information content (AvgIpc) is 3.27. The smallest absolute Gasteiger partial charge is 0.261 e. The molecule has 2 aliphatic rings. The average molecular weight is 599 g/mol. The van der Waals surface area contributed by atoms with Gasteiger partial charge in [0.25, 0.3) is 8.32 Å². The molecule has 5 rings (SSSR count). The third kappa shape index (κ3) is 6.25. The van der Waals surface area contributed by atoms with Gasteiger partial charge >= 0.3 is 0 Å². The zero-order valence-corrected chi connectivity index (χ0v) is 28.4. The van der Waals surface area contributed by atoms with E-state index in [-0.39, 0.29) is 22.7 Å². The molecule has 2 aliphatic carbocycles. The van der Waals surface area contributed by atoms with Crippen LogP contribution in [-0.2, 0) is 17.3 Å². The number of hydrogen-bond donors (Lipinski definition) is 1. The first kappa shape index (κ1) is 32.0. The monoisotopic (exact) mass is 598 g/mol. The first-order chi connectivity index (χ1) is 20.6. The lowest BCUT2D eigenvalue weighted by Gasteiger charge is -2.47. The molecule has 1 saturated carbocycles. The number of aliphatic hydroxyl groups excluding tert-OH is 1. The maximum atomic E-state index is 11.1. The quantitative estimate of drug-likeness (QED) is 0.169. The summed E-state index contributed by atoms with van der Waals surface area (Å²) in [5.74, 6) is 1.92. The van der Waals surface area contributed by atoms with E-state index in [1.807, 2.05) is 0 Å². The Labute approximate surface area is 262 Å². The van der Waals surface area contributed by atoms with Crippen LogP contribution in [0.5, 0.6) is 5.75 Å². The van der Waals surface area contributed by atoms with Crippen molar-refractivity contribution in [1.29, 1.82) is 0 Å². The minimum absolute atomic E-state index is 0.0687. The molecule has 0 bridgehead atoms. The van der Waals surface area contributed by atoms with E-state index < -0.39 is 8.32 Å². The second kappa shape index (κ2) is 13.3. The summed E-state index contributed by atoms with van der Waals surface area (Å²) in [4.78, 5) is 0. The van der Waals surface area contributed by atoms with Gasteiger partial charge in [0.1, 0.15) is 5.75 Å². The van der Waals surface area contributed by atoms with Crippen LogP contribution in [0.2, 0.25) is 5.04 Å². The Hall–Kier alpha value is -2.40. The van der Waals surface area contributed by atoms with Crippen molar-refractivity contribution >= 4 is 18.7 Å². The van der Waals surface area contributed by atoms with Gasteiger partial charge in [0.05, 0.1) is 13.2 Å². The minimum atomic E-state index is -2.72. The van der Waals surface area contributed by atoms with E-state index in [0.717, 1.165) is 50.7 Å². The van der Waals surface area contributed by atoms with Gasteiger partial charge in [0.15, 0.2) is 0 Å². The number of fused-ring (bicyclic) bond motifs is 2. The van der Waals surface area contributed by atoms with Crippen molar-refractivity contribution in [3.8, 4) is 5.75 Å². The predicted molar refractivity (Wildman–Crippen MR) is 182 cm³/mol. The Bertz CT molecular complexity index is 1280. The fourth-order valence-corrected chi connectivity index (χ4v) is 13.3. The molecule has 0 aliphatic heterocycles. The molecule has 43 heavy (non-hydrogen) atoms. The van der Waals surface area contributed by atoms with Gasteiger partial charge in [-0.3, -0.25) is 0 Å². The Morgan fingerprint density at radius 1 is 0.907 bits per heavy atom. The van der Waals surface area contributed by atoms with Crippen LogP contribution in [0.25, 0.3) is 0 Å². The molecular weight excluding hydrogens is 545 g/mol. The number of ether oxygens (including phenoxy) is 1. The van der Waals surface area contributed by atoms with Crippen molar-refractivity contribution in [3.63, 3.8) is 0 Å². The molecule has 0 spiro atoms. The minimum Gasteiger partial charge on any atom is -0.496 e. The van der Waals surface area contributed by atoms with Crippen molar-refractivity contribution in [2.24, 2.45) is 17.3 Å².